The number of halogens is 3. The van der Waals surface area contributed by atoms with Gasteiger partial charge in [-0.05, 0) is 36.8 Å². The number of amides is 1. The van der Waals surface area contributed by atoms with Crippen LogP contribution in [0.5, 0.6) is 17.2 Å². The van der Waals surface area contributed by atoms with Crippen LogP contribution in [-0.2, 0) is 0 Å². The van der Waals surface area contributed by atoms with Crippen molar-refractivity contribution in [3.8, 4) is 17.2 Å². The van der Waals surface area contributed by atoms with Crippen molar-refractivity contribution in [2.75, 3.05) is 0 Å². The molecule has 0 saturated carbocycles. The standard InChI is InChI=1S/C15H12F3NO3/c1-9-4-2-3-5-12(9)21-13-7-6-10(22-15(16,17)18)8-11(13)14(19)20/h2-8H,1H3,(H2,19,20). The van der Waals surface area contributed by atoms with Crippen LogP contribution in [0.25, 0.3) is 0 Å². The number of hydrogen-bond acceptors (Lipinski definition) is 3. The van der Waals surface area contributed by atoms with E-state index in [-0.39, 0.29) is 11.3 Å². The van der Waals surface area contributed by atoms with Gasteiger partial charge >= 0.3 is 6.36 Å². The van der Waals surface area contributed by atoms with E-state index in [1.54, 1.807) is 31.2 Å². The monoisotopic (exact) mass is 311 g/mol. The summed E-state index contributed by atoms with van der Waals surface area (Å²) in [6.45, 7) is 1.79. The van der Waals surface area contributed by atoms with Crippen molar-refractivity contribution in [2.24, 2.45) is 5.73 Å². The molecule has 2 N–H and O–H groups in total. The first-order valence-corrected chi connectivity index (χ1v) is 6.19. The highest BCUT2D eigenvalue weighted by molar-refractivity contribution is 5.96. The molecule has 0 unspecified atom stereocenters. The van der Waals surface area contributed by atoms with Gasteiger partial charge in [-0.2, -0.15) is 0 Å². The molecular weight excluding hydrogens is 299 g/mol. The Hall–Kier alpha value is -2.70. The maximum absolute atomic E-state index is 12.2. The highest BCUT2D eigenvalue weighted by atomic mass is 19.4. The summed E-state index contributed by atoms with van der Waals surface area (Å²) in [5.74, 6) is -0.944. The molecule has 1 amide bonds. The third-order valence-electron chi connectivity index (χ3n) is 2.76. The van der Waals surface area contributed by atoms with Crippen LogP contribution >= 0.6 is 0 Å². The minimum absolute atomic E-state index is 0.0522. The Morgan fingerprint density at radius 3 is 2.36 bits per heavy atom. The van der Waals surface area contributed by atoms with Gasteiger partial charge in [0.2, 0.25) is 0 Å². The average Bonchev–Trinajstić information content (AvgIpc) is 2.41. The Labute approximate surface area is 124 Å². The quantitative estimate of drug-likeness (QED) is 0.934. The van der Waals surface area contributed by atoms with Gasteiger partial charge in [0, 0.05) is 0 Å². The second kappa shape index (κ2) is 5.97. The van der Waals surface area contributed by atoms with Gasteiger partial charge in [-0.15, -0.1) is 13.2 Å². The summed E-state index contributed by atoms with van der Waals surface area (Å²) in [4.78, 5) is 11.4. The van der Waals surface area contributed by atoms with E-state index in [1.807, 2.05) is 0 Å². The zero-order valence-electron chi connectivity index (χ0n) is 11.5. The van der Waals surface area contributed by atoms with Gasteiger partial charge in [0.1, 0.15) is 17.2 Å². The minimum Gasteiger partial charge on any atom is -0.456 e. The topological polar surface area (TPSA) is 61.6 Å². The van der Waals surface area contributed by atoms with Crippen molar-refractivity contribution in [1.82, 2.24) is 0 Å². The van der Waals surface area contributed by atoms with Crippen LogP contribution in [0.1, 0.15) is 15.9 Å². The highest BCUT2D eigenvalue weighted by Crippen LogP contribution is 2.32. The Morgan fingerprint density at radius 1 is 1.09 bits per heavy atom. The fraction of sp³-hybridized carbons (Fsp3) is 0.133. The number of ether oxygens (including phenoxy) is 2. The molecule has 0 aliphatic heterocycles. The van der Waals surface area contributed by atoms with Crippen LogP contribution < -0.4 is 15.2 Å². The maximum atomic E-state index is 12.2. The molecule has 0 spiro atoms. The lowest BCUT2D eigenvalue weighted by Gasteiger charge is -2.14. The molecule has 2 aromatic rings. The Bertz CT molecular complexity index is 699. The predicted octanol–water partition coefficient (Wildman–Crippen LogP) is 3.78. The van der Waals surface area contributed by atoms with Gasteiger partial charge < -0.3 is 15.2 Å². The van der Waals surface area contributed by atoms with E-state index in [0.717, 1.165) is 17.7 Å². The number of primary amides is 1. The molecule has 0 saturated heterocycles. The van der Waals surface area contributed by atoms with Crippen LogP contribution in [0.4, 0.5) is 13.2 Å². The first-order valence-electron chi connectivity index (χ1n) is 6.19. The first-order chi connectivity index (χ1) is 10.3. The predicted molar refractivity (Wildman–Crippen MR) is 72.9 cm³/mol. The van der Waals surface area contributed by atoms with Crippen LogP contribution in [0.3, 0.4) is 0 Å². The molecule has 0 aliphatic rings. The molecule has 0 aliphatic carbocycles. The van der Waals surface area contributed by atoms with Crippen molar-refractivity contribution in [3.63, 3.8) is 0 Å². The molecule has 116 valence electrons. The SMILES string of the molecule is Cc1ccccc1Oc1ccc(OC(F)(F)F)cc1C(N)=O. The molecule has 2 aromatic carbocycles. The number of rotatable bonds is 4. The lowest BCUT2D eigenvalue weighted by atomic mass is 10.1. The zero-order valence-corrected chi connectivity index (χ0v) is 11.5. The van der Waals surface area contributed by atoms with E-state index in [1.165, 1.54) is 6.07 Å². The highest BCUT2D eigenvalue weighted by Gasteiger charge is 2.31. The van der Waals surface area contributed by atoms with Crippen molar-refractivity contribution in [2.45, 2.75) is 13.3 Å². The molecule has 0 bridgehead atoms. The third-order valence-corrected chi connectivity index (χ3v) is 2.76. The molecule has 0 radical (unpaired) electrons. The summed E-state index contributed by atoms with van der Waals surface area (Å²) >= 11 is 0. The van der Waals surface area contributed by atoms with Gasteiger partial charge in [-0.1, -0.05) is 18.2 Å². The van der Waals surface area contributed by atoms with Crippen molar-refractivity contribution < 1.29 is 27.4 Å². The lowest BCUT2D eigenvalue weighted by Crippen LogP contribution is -2.18. The molecule has 4 nitrogen and oxygen atoms in total. The molecule has 22 heavy (non-hydrogen) atoms. The van der Waals surface area contributed by atoms with Crippen molar-refractivity contribution >= 4 is 5.91 Å². The Morgan fingerprint density at radius 2 is 1.77 bits per heavy atom. The summed E-state index contributed by atoms with van der Waals surface area (Å²) in [6, 6.07) is 10.1. The molecule has 0 heterocycles. The van der Waals surface area contributed by atoms with Crippen LogP contribution in [0.2, 0.25) is 0 Å². The fourth-order valence-electron chi connectivity index (χ4n) is 1.78. The number of benzene rings is 2. The summed E-state index contributed by atoms with van der Waals surface area (Å²) in [5, 5.41) is 0. The third kappa shape index (κ3) is 3.91. The number of carbonyl (C=O) groups is 1. The van der Waals surface area contributed by atoms with Gasteiger partial charge in [0.25, 0.3) is 5.91 Å². The average molecular weight is 311 g/mol. The molecular formula is C15H12F3NO3. The van der Waals surface area contributed by atoms with Gasteiger partial charge in [-0.3, -0.25) is 4.79 Å². The Kier molecular flexibility index (Phi) is 4.25. The fourth-order valence-corrected chi connectivity index (χ4v) is 1.78. The van der Waals surface area contributed by atoms with Crippen LogP contribution in [0, 0.1) is 6.92 Å². The molecule has 0 aromatic heterocycles. The molecule has 0 atom stereocenters. The second-order valence-corrected chi connectivity index (χ2v) is 4.44. The van der Waals surface area contributed by atoms with Crippen LogP contribution in [-0.4, -0.2) is 12.3 Å². The van der Waals surface area contributed by atoms with Crippen molar-refractivity contribution in [1.29, 1.82) is 0 Å². The van der Waals surface area contributed by atoms with E-state index >= 15 is 0 Å². The van der Waals surface area contributed by atoms with E-state index < -0.39 is 18.0 Å². The molecule has 0 fully saturated rings. The normalized spacial score (nSPS) is 11.1. The Balaban J connectivity index is 2.36. The number of carbonyl (C=O) groups excluding carboxylic acids is 1. The first kappa shape index (κ1) is 15.7. The molecule has 7 heteroatoms. The van der Waals surface area contributed by atoms with Gasteiger partial charge in [0.05, 0.1) is 5.56 Å². The number of aryl methyl sites for hydroxylation is 1. The summed E-state index contributed by atoms with van der Waals surface area (Å²) < 4.78 is 45.9. The summed E-state index contributed by atoms with van der Waals surface area (Å²) in [6.07, 6.45) is -4.85. The van der Waals surface area contributed by atoms with Crippen molar-refractivity contribution in [3.05, 3.63) is 53.6 Å². The number of alkyl halides is 3. The van der Waals surface area contributed by atoms with E-state index in [9.17, 15) is 18.0 Å². The minimum atomic E-state index is -4.85. The zero-order chi connectivity index (χ0) is 16.3. The second-order valence-electron chi connectivity index (χ2n) is 4.44. The summed E-state index contributed by atoms with van der Waals surface area (Å²) in [5.41, 5.74) is 5.78. The smallest absolute Gasteiger partial charge is 0.456 e. The van der Waals surface area contributed by atoms with E-state index in [2.05, 4.69) is 4.74 Å². The summed E-state index contributed by atoms with van der Waals surface area (Å²) in [7, 11) is 0. The van der Waals surface area contributed by atoms with Gasteiger partial charge in [0.15, 0.2) is 0 Å². The van der Waals surface area contributed by atoms with E-state index in [4.69, 9.17) is 10.5 Å². The number of nitrogens with two attached hydrogens (primary N) is 1. The van der Waals surface area contributed by atoms with E-state index in [0.29, 0.717) is 5.75 Å². The maximum Gasteiger partial charge on any atom is 0.573 e. The lowest BCUT2D eigenvalue weighted by molar-refractivity contribution is -0.274. The largest absolute Gasteiger partial charge is 0.573 e. The molecule has 2 rings (SSSR count). The van der Waals surface area contributed by atoms with Crippen LogP contribution in [0.15, 0.2) is 42.5 Å². The van der Waals surface area contributed by atoms with Gasteiger partial charge in [-0.25, -0.2) is 0 Å². The number of para-hydroxylation sites is 1. The number of hydrogen-bond donors (Lipinski definition) is 1.